The highest BCUT2D eigenvalue weighted by Gasteiger charge is 2.37. The average Bonchev–Trinajstić information content (AvgIpc) is 2.72. The summed E-state index contributed by atoms with van der Waals surface area (Å²) in [5.74, 6) is -0.823. The number of benzene rings is 2. The molecule has 0 aromatic heterocycles. The first kappa shape index (κ1) is 22.2. The second-order valence-corrected chi connectivity index (χ2v) is 7.55. The van der Waals surface area contributed by atoms with Crippen LogP contribution in [-0.2, 0) is 11.0 Å². The van der Waals surface area contributed by atoms with Gasteiger partial charge < -0.3 is 11.1 Å². The van der Waals surface area contributed by atoms with Crippen molar-refractivity contribution in [3.8, 4) is 6.07 Å². The van der Waals surface area contributed by atoms with Crippen LogP contribution in [0, 0.1) is 11.3 Å². The Labute approximate surface area is 180 Å². The average molecular weight is 446 g/mol. The van der Waals surface area contributed by atoms with Crippen LogP contribution in [0.15, 0.2) is 58.6 Å². The summed E-state index contributed by atoms with van der Waals surface area (Å²) in [6.07, 6.45) is -2.81. The van der Waals surface area contributed by atoms with Crippen LogP contribution in [-0.4, -0.2) is 18.2 Å². The lowest BCUT2D eigenvalue weighted by atomic mass is 9.93. The summed E-state index contributed by atoms with van der Waals surface area (Å²) in [6.45, 7) is 1.45. The van der Waals surface area contributed by atoms with Crippen molar-refractivity contribution in [1.82, 2.24) is 5.32 Å². The summed E-state index contributed by atoms with van der Waals surface area (Å²) in [6, 6.07) is 9.44. The van der Waals surface area contributed by atoms with Gasteiger partial charge in [-0.25, -0.2) is 4.79 Å². The molecule has 1 heterocycles. The van der Waals surface area contributed by atoms with Gasteiger partial charge in [0.2, 0.25) is 5.91 Å². The molecule has 0 radical (unpaired) electrons. The highest BCUT2D eigenvalue weighted by atomic mass is 32.2. The zero-order valence-corrected chi connectivity index (χ0v) is 17.3. The maximum absolute atomic E-state index is 13.1. The number of hydrogen-bond acceptors (Lipinski definition) is 4. The minimum absolute atomic E-state index is 0.0389. The number of nitriles is 1. The van der Waals surface area contributed by atoms with Crippen LogP contribution < -0.4 is 16.0 Å². The molecule has 1 aliphatic rings. The van der Waals surface area contributed by atoms with Gasteiger partial charge in [0.05, 0.1) is 34.5 Å². The maximum Gasteiger partial charge on any atom is 0.416 e. The number of halogens is 3. The molecule has 6 nitrogen and oxygen atoms in total. The van der Waals surface area contributed by atoms with E-state index < -0.39 is 29.7 Å². The molecule has 0 bridgehead atoms. The molecule has 31 heavy (non-hydrogen) atoms. The van der Waals surface area contributed by atoms with Gasteiger partial charge in [0.1, 0.15) is 0 Å². The molecule has 1 aliphatic heterocycles. The highest BCUT2D eigenvalue weighted by molar-refractivity contribution is 7.98. The molecule has 0 fully saturated rings. The third kappa shape index (κ3) is 4.22. The number of hydrogen-bond donors (Lipinski definition) is 2. The van der Waals surface area contributed by atoms with Crippen LogP contribution in [0.25, 0.3) is 0 Å². The van der Waals surface area contributed by atoms with Crippen molar-refractivity contribution in [2.75, 3.05) is 11.2 Å². The van der Waals surface area contributed by atoms with Crippen molar-refractivity contribution in [2.24, 2.45) is 5.73 Å². The summed E-state index contributed by atoms with van der Waals surface area (Å²) in [5, 5.41) is 11.8. The monoisotopic (exact) mass is 446 g/mol. The van der Waals surface area contributed by atoms with E-state index in [4.69, 9.17) is 11.0 Å². The Bertz CT molecular complexity index is 1140. The first-order valence-electron chi connectivity index (χ1n) is 8.95. The minimum atomic E-state index is -4.59. The standard InChI is InChI=1S/C21H17F3N4O2S/c1-11-17(19(26)29)18(15-7-6-12(10-25)8-16(15)31-2)27-20(30)28(11)14-5-3-4-13(9-14)21(22,23)24/h3-9,18H,1-2H3,(H2,26,29)(H,27,30). The van der Waals surface area contributed by atoms with Crippen molar-refractivity contribution < 1.29 is 22.8 Å². The molecule has 1 atom stereocenters. The molecule has 1 unspecified atom stereocenters. The number of anilines is 1. The fourth-order valence-electron chi connectivity index (χ4n) is 3.45. The summed E-state index contributed by atoms with van der Waals surface area (Å²) in [5.41, 5.74) is 5.75. The van der Waals surface area contributed by atoms with E-state index in [-0.39, 0.29) is 17.0 Å². The zero-order valence-electron chi connectivity index (χ0n) is 16.4. The Balaban J connectivity index is 2.16. The molecule has 2 aromatic carbocycles. The molecule has 0 aliphatic carbocycles. The van der Waals surface area contributed by atoms with E-state index in [1.54, 1.807) is 24.5 Å². The molecule has 0 saturated heterocycles. The lowest BCUT2D eigenvalue weighted by Gasteiger charge is -2.36. The van der Waals surface area contributed by atoms with E-state index in [0.717, 1.165) is 17.0 Å². The lowest BCUT2D eigenvalue weighted by Crippen LogP contribution is -2.49. The number of amides is 3. The van der Waals surface area contributed by atoms with Gasteiger partial charge in [0.15, 0.2) is 0 Å². The molecule has 2 aromatic rings. The number of primary amides is 1. The maximum atomic E-state index is 13.1. The van der Waals surface area contributed by atoms with Crippen molar-refractivity contribution >= 4 is 29.4 Å². The molecule has 0 saturated carbocycles. The number of carbonyl (C=O) groups is 2. The molecule has 3 N–H and O–H groups in total. The van der Waals surface area contributed by atoms with E-state index in [1.165, 1.54) is 30.8 Å². The lowest BCUT2D eigenvalue weighted by molar-refractivity contribution is -0.137. The van der Waals surface area contributed by atoms with E-state index in [9.17, 15) is 22.8 Å². The Morgan fingerprint density at radius 2 is 1.97 bits per heavy atom. The van der Waals surface area contributed by atoms with Crippen LogP contribution in [0.5, 0.6) is 0 Å². The highest BCUT2D eigenvalue weighted by Crippen LogP contribution is 2.38. The number of urea groups is 1. The quantitative estimate of drug-likeness (QED) is 0.683. The van der Waals surface area contributed by atoms with Crippen LogP contribution in [0.2, 0.25) is 0 Å². The van der Waals surface area contributed by atoms with Gasteiger partial charge >= 0.3 is 12.2 Å². The number of thioether (sulfide) groups is 1. The van der Waals surface area contributed by atoms with Gasteiger partial charge in [-0.2, -0.15) is 18.4 Å². The summed E-state index contributed by atoms with van der Waals surface area (Å²) in [7, 11) is 0. The van der Waals surface area contributed by atoms with Crippen molar-refractivity contribution in [1.29, 1.82) is 5.26 Å². The summed E-state index contributed by atoms with van der Waals surface area (Å²) < 4.78 is 39.4. The fraction of sp³-hybridized carbons (Fsp3) is 0.190. The Hall–Kier alpha value is -3.45. The van der Waals surface area contributed by atoms with Gasteiger partial charge in [-0.3, -0.25) is 9.69 Å². The topological polar surface area (TPSA) is 99.2 Å². The largest absolute Gasteiger partial charge is 0.416 e. The predicted octanol–water partition coefficient (Wildman–Crippen LogP) is 4.33. The number of alkyl halides is 3. The number of nitrogens with two attached hydrogens (primary N) is 1. The molecular formula is C21H17F3N4O2S. The number of carbonyl (C=O) groups excluding carboxylic acids is 2. The predicted molar refractivity (Wildman–Crippen MR) is 110 cm³/mol. The number of rotatable bonds is 4. The number of allylic oxidation sites excluding steroid dienone is 1. The second kappa shape index (κ2) is 8.35. The molecular weight excluding hydrogens is 429 g/mol. The van der Waals surface area contributed by atoms with Gasteiger partial charge in [-0.05, 0) is 49.1 Å². The second-order valence-electron chi connectivity index (χ2n) is 6.70. The third-order valence-electron chi connectivity index (χ3n) is 4.86. The Morgan fingerprint density at radius 3 is 2.55 bits per heavy atom. The van der Waals surface area contributed by atoms with E-state index in [2.05, 4.69) is 5.32 Å². The molecule has 10 heteroatoms. The molecule has 160 valence electrons. The van der Waals surface area contributed by atoms with E-state index >= 15 is 0 Å². The van der Waals surface area contributed by atoms with Gasteiger partial charge in [0, 0.05) is 10.6 Å². The van der Waals surface area contributed by atoms with Gasteiger partial charge in [-0.15, -0.1) is 11.8 Å². The van der Waals surface area contributed by atoms with Crippen LogP contribution in [0.3, 0.4) is 0 Å². The minimum Gasteiger partial charge on any atom is -0.366 e. The smallest absolute Gasteiger partial charge is 0.366 e. The van der Waals surface area contributed by atoms with Crippen LogP contribution >= 0.6 is 11.8 Å². The van der Waals surface area contributed by atoms with Crippen molar-refractivity contribution in [3.63, 3.8) is 0 Å². The summed E-state index contributed by atoms with van der Waals surface area (Å²) in [4.78, 5) is 26.9. The normalized spacial score (nSPS) is 16.7. The van der Waals surface area contributed by atoms with Crippen molar-refractivity contribution in [3.05, 3.63) is 70.4 Å². The number of nitrogens with zero attached hydrogens (tertiary/aromatic N) is 2. The third-order valence-corrected chi connectivity index (χ3v) is 5.65. The van der Waals surface area contributed by atoms with Gasteiger partial charge in [0.25, 0.3) is 0 Å². The first-order chi connectivity index (χ1) is 14.6. The zero-order chi connectivity index (χ0) is 22.9. The van der Waals surface area contributed by atoms with Crippen LogP contribution in [0.1, 0.15) is 29.7 Å². The molecule has 3 amide bonds. The Kier molecular flexibility index (Phi) is 5.99. The summed E-state index contributed by atoms with van der Waals surface area (Å²) >= 11 is 1.32. The number of nitrogens with one attached hydrogen (secondary N) is 1. The fourth-order valence-corrected chi connectivity index (χ4v) is 4.11. The molecule has 0 spiro atoms. The SMILES string of the molecule is CSc1cc(C#N)ccc1C1NC(=O)N(c2cccc(C(F)(F)F)c2)C(C)=C1C(N)=O. The van der Waals surface area contributed by atoms with E-state index in [1.807, 2.05) is 6.07 Å². The van der Waals surface area contributed by atoms with E-state index in [0.29, 0.717) is 16.0 Å². The molecule has 3 rings (SSSR count). The van der Waals surface area contributed by atoms with Gasteiger partial charge in [-0.1, -0.05) is 12.1 Å². The van der Waals surface area contributed by atoms with Crippen molar-refractivity contribution in [2.45, 2.75) is 24.0 Å². The Morgan fingerprint density at radius 1 is 1.26 bits per heavy atom. The van der Waals surface area contributed by atoms with Crippen LogP contribution in [0.4, 0.5) is 23.7 Å². The first-order valence-corrected chi connectivity index (χ1v) is 10.2.